The minimum atomic E-state index is -0.963. The van der Waals surface area contributed by atoms with E-state index in [9.17, 15) is 4.79 Å². The first-order valence-corrected chi connectivity index (χ1v) is 5.97. The largest absolute Gasteiger partial charge is 0.480 e. The Balaban J connectivity index is 1.97. The molecule has 82 valence electrons. The summed E-state index contributed by atoms with van der Waals surface area (Å²) in [4.78, 5) is 15.0. The van der Waals surface area contributed by atoms with Crippen molar-refractivity contribution in [1.82, 2.24) is 4.98 Å². The number of rotatable bonds is 4. The number of hydrogen-bond donors (Lipinski definition) is 2. The van der Waals surface area contributed by atoms with Crippen molar-refractivity contribution in [2.24, 2.45) is 5.73 Å². The molecule has 0 saturated heterocycles. The Bertz CT molecular complexity index is 360. The molecule has 1 aromatic rings. The standard InChI is InChI=1S/C10H14N2O2S/c11-7(10(13)14)4-9-12-8(5-15-9)6-2-1-3-6/h5-7H,1-4,11H2,(H,13,14). The lowest BCUT2D eigenvalue weighted by Gasteiger charge is -2.23. The van der Waals surface area contributed by atoms with Crippen LogP contribution < -0.4 is 5.73 Å². The number of thiazole rings is 1. The van der Waals surface area contributed by atoms with E-state index in [0.29, 0.717) is 12.3 Å². The maximum absolute atomic E-state index is 10.6. The predicted octanol–water partition coefficient (Wildman–Crippen LogP) is 1.36. The van der Waals surface area contributed by atoms with Gasteiger partial charge in [0.2, 0.25) is 0 Å². The highest BCUT2D eigenvalue weighted by atomic mass is 32.1. The number of aliphatic carboxylic acids is 1. The van der Waals surface area contributed by atoms with E-state index >= 15 is 0 Å². The first kappa shape index (κ1) is 10.6. The summed E-state index contributed by atoms with van der Waals surface area (Å²) >= 11 is 1.52. The first-order chi connectivity index (χ1) is 7.16. The minimum Gasteiger partial charge on any atom is -0.480 e. The molecule has 1 heterocycles. The van der Waals surface area contributed by atoms with Crippen molar-refractivity contribution in [1.29, 1.82) is 0 Å². The molecule has 0 radical (unpaired) electrons. The van der Waals surface area contributed by atoms with Crippen LogP contribution in [0.2, 0.25) is 0 Å². The van der Waals surface area contributed by atoms with E-state index in [1.165, 1.54) is 30.6 Å². The summed E-state index contributed by atoms with van der Waals surface area (Å²) in [5.74, 6) is -0.355. The van der Waals surface area contributed by atoms with E-state index in [1.807, 2.05) is 5.38 Å². The summed E-state index contributed by atoms with van der Waals surface area (Å²) < 4.78 is 0. The molecular formula is C10H14N2O2S. The number of carbonyl (C=O) groups is 1. The van der Waals surface area contributed by atoms with Gasteiger partial charge in [-0.2, -0.15) is 0 Å². The Hall–Kier alpha value is -0.940. The lowest BCUT2D eigenvalue weighted by Crippen LogP contribution is -2.32. The zero-order valence-electron chi connectivity index (χ0n) is 8.35. The van der Waals surface area contributed by atoms with Crippen molar-refractivity contribution >= 4 is 17.3 Å². The van der Waals surface area contributed by atoms with E-state index in [0.717, 1.165) is 10.7 Å². The molecule has 4 nitrogen and oxygen atoms in total. The summed E-state index contributed by atoms with van der Waals surface area (Å²) in [6.45, 7) is 0. The number of carboxylic acids is 1. The van der Waals surface area contributed by atoms with Gasteiger partial charge < -0.3 is 10.8 Å². The van der Waals surface area contributed by atoms with Gasteiger partial charge in [0, 0.05) is 17.7 Å². The van der Waals surface area contributed by atoms with Crippen LogP contribution in [0.1, 0.15) is 35.9 Å². The van der Waals surface area contributed by atoms with E-state index in [-0.39, 0.29) is 0 Å². The summed E-state index contributed by atoms with van der Waals surface area (Å²) in [6.07, 6.45) is 4.06. The molecule has 1 saturated carbocycles. The topological polar surface area (TPSA) is 76.2 Å². The molecule has 1 unspecified atom stereocenters. The van der Waals surface area contributed by atoms with Crippen LogP contribution in [0.4, 0.5) is 0 Å². The molecule has 1 atom stereocenters. The maximum Gasteiger partial charge on any atom is 0.320 e. The van der Waals surface area contributed by atoms with Crippen LogP contribution in [0, 0.1) is 0 Å². The Morgan fingerprint density at radius 1 is 1.73 bits per heavy atom. The van der Waals surface area contributed by atoms with Gasteiger partial charge in [0.15, 0.2) is 0 Å². The molecule has 0 spiro atoms. The van der Waals surface area contributed by atoms with Gasteiger partial charge in [-0.05, 0) is 12.8 Å². The van der Waals surface area contributed by atoms with Crippen molar-refractivity contribution in [2.45, 2.75) is 37.6 Å². The molecule has 0 bridgehead atoms. The number of carboxylic acid groups (broad SMARTS) is 1. The second kappa shape index (κ2) is 4.28. The number of aromatic nitrogens is 1. The molecule has 1 aliphatic carbocycles. The molecule has 1 fully saturated rings. The smallest absolute Gasteiger partial charge is 0.320 e. The fourth-order valence-corrected chi connectivity index (χ4v) is 2.52. The second-order valence-corrected chi connectivity index (χ2v) is 4.89. The van der Waals surface area contributed by atoms with Crippen LogP contribution in [0.3, 0.4) is 0 Å². The molecule has 1 aromatic heterocycles. The van der Waals surface area contributed by atoms with E-state index < -0.39 is 12.0 Å². The highest BCUT2D eigenvalue weighted by molar-refractivity contribution is 7.09. The van der Waals surface area contributed by atoms with Gasteiger partial charge in [-0.1, -0.05) is 6.42 Å². The molecule has 1 aliphatic rings. The second-order valence-electron chi connectivity index (χ2n) is 3.94. The van der Waals surface area contributed by atoms with Gasteiger partial charge in [0.25, 0.3) is 0 Å². The average molecular weight is 226 g/mol. The Labute approximate surface area is 92.1 Å². The van der Waals surface area contributed by atoms with Crippen LogP contribution in [0.15, 0.2) is 5.38 Å². The number of nitrogens with two attached hydrogens (primary N) is 1. The highest BCUT2D eigenvalue weighted by Crippen LogP contribution is 2.36. The van der Waals surface area contributed by atoms with Crippen LogP contribution >= 0.6 is 11.3 Å². The fraction of sp³-hybridized carbons (Fsp3) is 0.600. The molecule has 0 amide bonds. The number of nitrogens with zero attached hydrogens (tertiary/aromatic N) is 1. The normalized spacial score (nSPS) is 18.5. The summed E-state index contributed by atoms with van der Waals surface area (Å²) in [7, 11) is 0. The fourth-order valence-electron chi connectivity index (χ4n) is 1.59. The SMILES string of the molecule is NC(Cc1nc(C2CCC2)cs1)C(=O)O. The molecule has 0 aromatic carbocycles. The Morgan fingerprint density at radius 2 is 2.47 bits per heavy atom. The van der Waals surface area contributed by atoms with Crippen molar-refractivity contribution in [2.75, 3.05) is 0 Å². The van der Waals surface area contributed by atoms with Gasteiger partial charge in [0.05, 0.1) is 10.7 Å². The van der Waals surface area contributed by atoms with E-state index in [1.54, 1.807) is 0 Å². The quantitative estimate of drug-likeness (QED) is 0.812. The molecular weight excluding hydrogens is 212 g/mol. The third kappa shape index (κ3) is 2.35. The molecule has 15 heavy (non-hydrogen) atoms. The molecule has 0 aliphatic heterocycles. The summed E-state index contributed by atoms with van der Waals surface area (Å²) in [6, 6.07) is -0.828. The van der Waals surface area contributed by atoms with Gasteiger partial charge in [-0.25, -0.2) is 4.98 Å². The van der Waals surface area contributed by atoms with Gasteiger partial charge in [-0.15, -0.1) is 11.3 Å². The van der Waals surface area contributed by atoms with Gasteiger partial charge in [-0.3, -0.25) is 4.79 Å². The lowest BCUT2D eigenvalue weighted by molar-refractivity contribution is -0.138. The molecule has 2 rings (SSSR count). The van der Waals surface area contributed by atoms with Crippen LogP contribution in [0.25, 0.3) is 0 Å². The lowest BCUT2D eigenvalue weighted by atomic mass is 9.83. The van der Waals surface area contributed by atoms with Crippen molar-refractivity contribution in [3.05, 3.63) is 16.1 Å². The predicted molar refractivity (Wildman–Crippen MR) is 58.0 cm³/mol. The Morgan fingerprint density at radius 3 is 3.00 bits per heavy atom. The zero-order chi connectivity index (χ0) is 10.8. The Kier molecular flexibility index (Phi) is 3.02. The first-order valence-electron chi connectivity index (χ1n) is 5.09. The summed E-state index contributed by atoms with van der Waals surface area (Å²) in [5, 5.41) is 11.5. The third-order valence-electron chi connectivity index (χ3n) is 2.80. The highest BCUT2D eigenvalue weighted by Gasteiger charge is 2.22. The third-order valence-corrected chi connectivity index (χ3v) is 3.69. The molecule has 5 heteroatoms. The monoisotopic (exact) mass is 226 g/mol. The van der Waals surface area contributed by atoms with Crippen LogP contribution in [-0.4, -0.2) is 22.1 Å². The van der Waals surface area contributed by atoms with Crippen LogP contribution in [-0.2, 0) is 11.2 Å². The average Bonchev–Trinajstić information content (AvgIpc) is 2.49. The van der Waals surface area contributed by atoms with Gasteiger partial charge >= 0.3 is 5.97 Å². The minimum absolute atomic E-state index is 0.340. The van der Waals surface area contributed by atoms with E-state index in [4.69, 9.17) is 10.8 Å². The molecule has 3 N–H and O–H groups in total. The van der Waals surface area contributed by atoms with Crippen molar-refractivity contribution in [3.63, 3.8) is 0 Å². The summed E-state index contributed by atoms with van der Waals surface area (Å²) in [5.41, 5.74) is 6.57. The van der Waals surface area contributed by atoms with Crippen molar-refractivity contribution < 1.29 is 9.90 Å². The number of hydrogen-bond acceptors (Lipinski definition) is 4. The zero-order valence-corrected chi connectivity index (χ0v) is 9.17. The van der Waals surface area contributed by atoms with Crippen LogP contribution in [0.5, 0.6) is 0 Å². The van der Waals surface area contributed by atoms with Crippen molar-refractivity contribution in [3.8, 4) is 0 Å². The van der Waals surface area contributed by atoms with Gasteiger partial charge in [0.1, 0.15) is 6.04 Å². The van der Waals surface area contributed by atoms with E-state index in [2.05, 4.69) is 4.98 Å². The maximum atomic E-state index is 10.6.